The number of fused-ring (bicyclic) bond motifs is 1. The third kappa shape index (κ3) is 3.79. The Morgan fingerprint density at radius 2 is 2.08 bits per heavy atom. The molecule has 132 valence electrons. The van der Waals surface area contributed by atoms with E-state index in [0.717, 1.165) is 61.3 Å². The summed E-state index contributed by atoms with van der Waals surface area (Å²) in [5.74, 6) is 0. The molecule has 0 spiro atoms. The zero-order valence-electron chi connectivity index (χ0n) is 15.0. The summed E-state index contributed by atoms with van der Waals surface area (Å²) in [5.41, 5.74) is 3.80. The largest absolute Gasteiger partial charge is 0.378 e. The van der Waals surface area contributed by atoms with Crippen LogP contribution >= 0.6 is 0 Å². The molecule has 0 amide bonds. The second kappa shape index (κ2) is 7.64. The Morgan fingerprint density at radius 3 is 2.79 bits per heavy atom. The van der Waals surface area contributed by atoms with E-state index in [9.17, 15) is 5.11 Å². The van der Waals surface area contributed by atoms with Crippen molar-refractivity contribution in [2.24, 2.45) is 0 Å². The standard InChI is InChI=1S/C19H29N3O2/c1-4-11-24-16-7-5-15(6-8-16)21-19(23)17-9-10-22-14(3)12-13(2)20-18(17)22/h9-10,12,15-16,19,21,23H,4-8,11H2,1-3H3/t15-,16-,19?. The van der Waals surface area contributed by atoms with Crippen LogP contribution in [0.25, 0.3) is 5.65 Å². The second-order valence-electron chi connectivity index (χ2n) is 6.92. The molecule has 3 rings (SSSR count). The zero-order chi connectivity index (χ0) is 17.1. The summed E-state index contributed by atoms with van der Waals surface area (Å²) in [6, 6.07) is 4.35. The normalized spacial score (nSPS) is 22.8. The van der Waals surface area contributed by atoms with Gasteiger partial charge < -0.3 is 14.2 Å². The van der Waals surface area contributed by atoms with Crippen LogP contribution < -0.4 is 5.32 Å². The predicted molar refractivity (Wildman–Crippen MR) is 95.0 cm³/mol. The van der Waals surface area contributed by atoms with E-state index < -0.39 is 6.23 Å². The van der Waals surface area contributed by atoms with Crippen LogP contribution in [-0.2, 0) is 4.74 Å². The Labute approximate surface area is 144 Å². The van der Waals surface area contributed by atoms with Crippen molar-refractivity contribution >= 4 is 5.65 Å². The smallest absolute Gasteiger partial charge is 0.144 e. The Kier molecular flexibility index (Phi) is 5.54. The molecule has 0 saturated heterocycles. The quantitative estimate of drug-likeness (QED) is 0.798. The van der Waals surface area contributed by atoms with E-state index in [1.807, 2.05) is 29.7 Å². The molecule has 1 saturated carbocycles. The van der Waals surface area contributed by atoms with Gasteiger partial charge in [-0.05, 0) is 58.1 Å². The van der Waals surface area contributed by atoms with Gasteiger partial charge in [-0.15, -0.1) is 0 Å². The number of hydrogen-bond acceptors (Lipinski definition) is 4. The highest BCUT2D eigenvalue weighted by atomic mass is 16.5. The van der Waals surface area contributed by atoms with Crippen molar-refractivity contribution in [1.29, 1.82) is 0 Å². The molecule has 0 aliphatic heterocycles. The molecule has 24 heavy (non-hydrogen) atoms. The summed E-state index contributed by atoms with van der Waals surface area (Å²) in [6.45, 7) is 7.04. The molecule has 2 heterocycles. The van der Waals surface area contributed by atoms with Crippen molar-refractivity contribution < 1.29 is 9.84 Å². The minimum atomic E-state index is -0.679. The number of rotatable bonds is 6. The summed E-state index contributed by atoms with van der Waals surface area (Å²) >= 11 is 0. The molecule has 5 nitrogen and oxygen atoms in total. The lowest BCUT2D eigenvalue weighted by atomic mass is 9.92. The van der Waals surface area contributed by atoms with Crippen molar-refractivity contribution in [3.8, 4) is 0 Å². The van der Waals surface area contributed by atoms with Crippen LogP contribution in [0.1, 0.15) is 62.2 Å². The summed E-state index contributed by atoms with van der Waals surface area (Å²) in [5, 5.41) is 14.0. The van der Waals surface area contributed by atoms with Crippen molar-refractivity contribution in [3.05, 3.63) is 35.3 Å². The summed E-state index contributed by atoms with van der Waals surface area (Å²) in [4.78, 5) is 4.60. The van der Waals surface area contributed by atoms with E-state index in [4.69, 9.17) is 4.74 Å². The van der Waals surface area contributed by atoms with Crippen LogP contribution in [0.5, 0.6) is 0 Å². The topological polar surface area (TPSA) is 58.8 Å². The van der Waals surface area contributed by atoms with Gasteiger partial charge in [-0.2, -0.15) is 0 Å². The number of nitrogens with one attached hydrogen (secondary N) is 1. The molecule has 2 aromatic rings. The number of hydrogen-bond donors (Lipinski definition) is 2. The maximum absolute atomic E-state index is 10.7. The van der Waals surface area contributed by atoms with Gasteiger partial charge in [0.25, 0.3) is 0 Å². The fraction of sp³-hybridized carbons (Fsp3) is 0.632. The van der Waals surface area contributed by atoms with Gasteiger partial charge in [-0.25, -0.2) is 4.98 Å². The molecular formula is C19H29N3O2. The Hall–Kier alpha value is -1.43. The van der Waals surface area contributed by atoms with E-state index in [0.29, 0.717) is 12.1 Å². The molecule has 2 aromatic heterocycles. The van der Waals surface area contributed by atoms with Crippen molar-refractivity contribution in [3.63, 3.8) is 0 Å². The third-order valence-electron chi connectivity index (χ3n) is 4.89. The van der Waals surface area contributed by atoms with Crippen molar-refractivity contribution in [1.82, 2.24) is 14.7 Å². The van der Waals surface area contributed by atoms with Gasteiger partial charge in [0.15, 0.2) is 0 Å². The lowest BCUT2D eigenvalue weighted by molar-refractivity contribution is 0.0155. The molecule has 1 atom stereocenters. The summed E-state index contributed by atoms with van der Waals surface area (Å²) in [6.07, 6.45) is 6.99. The number of aromatic nitrogens is 2. The molecule has 1 fully saturated rings. The molecule has 1 unspecified atom stereocenters. The molecular weight excluding hydrogens is 302 g/mol. The fourth-order valence-corrected chi connectivity index (χ4v) is 3.62. The molecule has 0 radical (unpaired) electrons. The van der Waals surface area contributed by atoms with Gasteiger partial charge in [0, 0.05) is 35.8 Å². The van der Waals surface area contributed by atoms with Gasteiger partial charge in [-0.1, -0.05) is 6.92 Å². The predicted octanol–water partition coefficient (Wildman–Crippen LogP) is 3.27. The van der Waals surface area contributed by atoms with Crippen LogP contribution in [0, 0.1) is 13.8 Å². The SMILES string of the molecule is CCCO[C@H]1CC[C@H](NC(O)c2ccn3c(C)cc(C)nc23)CC1. The zero-order valence-corrected chi connectivity index (χ0v) is 15.0. The van der Waals surface area contributed by atoms with Crippen LogP contribution in [0.15, 0.2) is 18.3 Å². The molecule has 1 aliphatic carbocycles. The lowest BCUT2D eigenvalue weighted by Gasteiger charge is -2.30. The van der Waals surface area contributed by atoms with Gasteiger partial charge in [0.05, 0.1) is 6.10 Å². The maximum atomic E-state index is 10.7. The van der Waals surface area contributed by atoms with E-state index >= 15 is 0 Å². The molecule has 2 N–H and O–H groups in total. The Balaban J connectivity index is 1.63. The first-order valence-corrected chi connectivity index (χ1v) is 9.09. The number of aliphatic hydroxyl groups excluding tert-OH is 1. The first-order valence-electron chi connectivity index (χ1n) is 9.09. The number of aliphatic hydroxyl groups is 1. The van der Waals surface area contributed by atoms with Gasteiger partial charge in [-0.3, -0.25) is 5.32 Å². The fourth-order valence-electron chi connectivity index (χ4n) is 3.62. The minimum absolute atomic E-state index is 0.335. The van der Waals surface area contributed by atoms with E-state index in [2.05, 4.69) is 24.1 Å². The highest BCUT2D eigenvalue weighted by Crippen LogP contribution is 2.25. The molecule has 1 aliphatic rings. The average Bonchev–Trinajstić information content (AvgIpc) is 2.98. The van der Waals surface area contributed by atoms with Crippen molar-refractivity contribution in [2.45, 2.75) is 71.2 Å². The van der Waals surface area contributed by atoms with E-state index in [1.54, 1.807) is 0 Å². The maximum Gasteiger partial charge on any atom is 0.144 e. The Bertz CT molecular complexity index is 675. The van der Waals surface area contributed by atoms with Crippen molar-refractivity contribution in [2.75, 3.05) is 6.61 Å². The Morgan fingerprint density at radius 1 is 1.33 bits per heavy atom. The monoisotopic (exact) mass is 331 g/mol. The average molecular weight is 331 g/mol. The molecule has 5 heteroatoms. The minimum Gasteiger partial charge on any atom is -0.378 e. The highest BCUT2D eigenvalue weighted by molar-refractivity contribution is 5.51. The van der Waals surface area contributed by atoms with E-state index in [1.165, 1.54) is 0 Å². The van der Waals surface area contributed by atoms with Crippen LogP contribution in [-0.4, -0.2) is 33.2 Å². The number of aryl methyl sites for hydroxylation is 2. The third-order valence-corrected chi connectivity index (χ3v) is 4.89. The highest BCUT2D eigenvalue weighted by Gasteiger charge is 2.24. The lowest BCUT2D eigenvalue weighted by Crippen LogP contribution is -2.37. The van der Waals surface area contributed by atoms with Crippen LogP contribution in [0.3, 0.4) is 0 Å². The van der Waals surface area contributed by atoms with Crippen LogP contribution in [0.2, 0.25) is 0 Å². The summed E-state index contributed by atoms with van der Waals surface area (Å²) in [7, 11) is 0. The van der Waals surface area contributed by atoms with Gasteiger partial charge in [0.2, 0.25) is 0 Å². The first-order chi connectivity index (χ1) is 11.6. The molecule has 0 bridgehead atoms. The summed E-state index contributed by atoms with van der Waals surface area (Å²) < 4.78 is 7.87. The van der Waals surface area contributed by atoms with Gasteiger partial charge >= 0.3 is 0 Å². The van der Waals surface area contributed by atoms with E-state index in [-0.39, 0.29) is 0 Å². The number of nitrogens with zero attached hydrogens (tertiary/aromatic N) is 2. The second-order valence-corrected chi connectivity index (χ2v) is 6.92. The molecule has 0 aromatic carbocycles. The van der Waals surface area contributed by atoms with Crippen LogP contribution in [0.4, 0.5) is 0 Å². The number of ether oxygens (including phenoxy) is 1. The first kappa shape index (κ1) is 17.4. The van der Waals surface area contributed by atoms with Gasteiger partial charge in [0.1, 0.15) is 11.9 Å².